The van der Waals surface area contributed by atoms with Crippen molar-refractivity contribution in [3.05, 3.63) is 54.1 Å². The zero-order valence-electron chi connectivity index (χ0n) is 13.4. The molecule has 0 atom stereocenters. The largest absolute Gasteiger partial charge is 0.475 e. The highest BCUT2D eigenvalue weighted by Crippen LogP contribution is 2.26. The van der Waals surface area contributed by atoms with Gasteiger partial charge in [-0.25, -0.2) is 18.4 Å². The van der Waals surface area contributed by atoms with Crippen LogP contribution in [-0.4, -0.2) is 25.0 Å². The third-order valence-electron chi connectivity index (χ3n) is 3.38. The lowest BCUT2D eigenvalue weighted by atomic mass is 10.2. The van der Waals surface area contributed by atoms with E-state index in [0.29, 0.717) is 17.6 Å². The standard InChI is InChI=1S/C17H17N3O3S/c1-3-23-17-16(18-14-6-4-5-7-15(14)19-17)20-24(21,22)13-10-8-12(2)9-11-13/h4-11H,3H2,1-2H3,(H,18,20). The van der Waals surface area contributed by atoms with Gasteiger partial charge in [-0.2, -0.15) is 0 Å². The molecule has 124 valence electrons. The first kappa shape index (κ1) is 16.2. The Morgan fingerprint density at radius 2 is 1.62 bits per heavy atom. The summed E-state index contributed by atoms with van der Waals surface area (Å²) >= 11 is 0. The first-order valence-corrected chi connectivity index (χ1v) is 8.97. The van der Waals surface area contributed by atoms with Crippen molar-refractivity contribution in [3.63, 3.8) is 0 Å². The molecule has 0 bridgehead atoms. The molecule has 7 heteroatoms. The Labute approximate surface area is 140 Å². The van der Waals surface area contributed by atoms with Crippen molar-refractivity contribution in [2.75, 3.05) is 11.3 Å². The number of aromatic nitrogens is 2. The maximum absolute atomic E-state index is 12.6. The van der Waals surface area contributed by atoms with Gasteiger partial charge in [-0.3, -0.25) is 4.72 Å². The number of fused-ring (bicyclic) bond motifs is 1. The van der Waals surface area contributed by atoms with Gasteiger partial charge < -0.3 is 4.74 Å². The van der Waals surface area contributed by atoms with E-state index in [0.717, 1.165) is 5.56 Å². The smallest absolute Gasteiger partial charge is 0.263 e. The Morgan fingerprint density at radius 1 is 1.00 bits per heavy atom. The molecule has 1 heterocycles. The Hall–Kier alpha value is -2.67. The van der Waals surface area contributed by atoms with E-state index in [2.05, 4.69) is 14.7 Å². The van der Waals surface area contributed by atoms with Crippen molar-refractivity contribution >= 4 is 26.9 Å². The molecule has 24 heavy (non-hydrogen) atoms. The van der Waals surface area contributed by atoms with Crippen molar-refractivity contribution < 1.29 is 13.2 Å². The molecule has 0 amide bonds. The van der Waals surface area contributed by atoms with Crippen LogP contribution >= 0.6 is 0 Å². The second kappa shape index (κ2) is 6.45. The minimum absolute atomic E-state index is 0.0797. The van der Waals surface area contributed by atoms with Crippen LogP contribution in [0.15, 0.2) is 53.4 Å². The van der Waals surface area contributed by atoms with Crippen LogP contribution in [0.5, 0.6) is 5.88 Å². The summed E-state index contributed by atoms with van der Waals surface area (Å²) in [5.74, 6) is 0.239. The highest BCUT2D eigenvalue weighted by Gasteiger charge is 2.19. The van der Waals surface area contributed by atoms with Crippen LogP contribution in [0.25, 0.3) is 11.0 Å². The fourth-order valence-corrected chi connectivity index (χ4v) is 3.19. The van der Waals surface area contributed by atoms with Crippen molar-refractivity contribution in [1.82, 2.24) is 9.97 Å². The van der Waals surface area contributed by atoms with Gasteiger partial charge in [0.05, 0.1) is 22.5 Å². The zero-order chi connectivity index (χ0) is 17.2. The summed E-state index contributed by atoms with van der Waals surface area (Å²) in [7, 11) is -3.77. The second-order valence-corrected chi connectivity index (χ2v) is 6.90. The maximum Gasteiger partial charge on any atom is 0.263 e. The number of hydrogen-bond acceptors (Lipinski definition) is 5. The van der Waals surface area contributed by atoms with Crippen molar-refractivity contribution in [3.8, 4) is 5.88 Å². The number of benzene rings is 2. The minimum Gasteiger partial charge on any atom is -0.475 e. The lowest BCUT2D eigenvalue weighted by Gasteiger charge is -2.12. The fourth-order valence-electron chi connectivity index (χ4n) is 2.19. The van der Waals surface area contributed by atoms with Gasteiger partial charge in [-0.1, -0.05) is 29.8 Å². The van der Waals surface area contributed by atoms with Crippen LogP contribution in [0, 0.1) is 6.92 Å². The molecule has 0 spiro atoms. The number of aryl methyl sites for hydroxylation is 1. The lowest BCUT2D eigenvalue weighted by molar-refractivity contribution is 0.329. The number of hydrogen-bond donors (Lipinski definition) is 1. The van der Waals surface area contributed by atoms with Gasteiger partial charge in [0.15, 0.2) is 0 Å². The normalized spacial score (nSPS) is 11.4. The number of para-hydroxylation sites is 2. The summed E-state index contributed by atoms with van der Waals surface area (Å²) in [6, 6.07) is 13.8. The summed E-state index contributed by atoms with van der Waals surface area (Å²) in [5.41, 5.74) is 2.20. The van der Waals surface area contributed by atoms with Gasteiger partial charge in [-0.15, -0.1) is 0 Å². The zero-order valence-corrected chi connectivity index (χ0v) is 14.2. The molecule has 0 aliphatic rings. The average Bonchev–Trinajstić information content (AvgIpc) is 2.56. The van der Waals surface area contributed by atoms with E-state index in [1.165, 1.54) is 0 Å². The van der Waals surface area contributed by atoms with Crippen LogP contribution < -0.4 is 9.46 Å². The molecule has 1 N–H and O–H groups in total. The highest BCUT2D eigenvalue weighted by atomic mass is 32.2. The topological polar surface area (TPSA) is 81.2 Å². The summed E-state index contributed by atoms with van der Waals surface area (Å²) < 4.78 is 33.1. The number of nitrogens with zero attached hydrogens (tertiary/aromatic N) is 2. The summed E-state index contributed by atoms with van der Waals surface area (Å²) in [6.07, 6.45) is 0. The van der Waals surface area contributed by atoms with Crippen LogP contribution in [0.1, 0.15) is 12.5 Å². The lowest BCUT2D eigenvalue weighted by Crippen LogP contribution is -2.15. The number of rotatable bonds is 5. The van der Waals surface area contributed by atoms with Gasteiger partial charge in [0.25, 0.3) is 15.9 Å². The van der Waals surface area contributed by atoms with Crippen LogP contribution in [0.3, 0.4) is 0 Å². The number of sulfonamides is 1. The third-order valence-corrected chi connectivity index (χ3v) is 4.74. The first-order chi connectivity index (χ1) is 11.5. The van der Waals surface area contributed by atoms with Gasteiger partial charge in [0.2, 0.25) is 5.82 Å². The van der Waals surface area contributed by atoms with Crippen molar-refractivity contribution in [2.45, 2.75) is 18.7 Å². The summed E-state index contributed by atoms with van der Waals surface area (Å²) in [5, 5.41) is 0. The van der Waals surface area contributed by atoms with E-state index in [4.69, 9.17) is 4.74 Å². The molecule has 0 unspecified atom stereocenters. The Balaban J connectivity index is 2.04. The van der Waals surface area contributed by atoms with E-state index in [-0.39, 0.29) is 16.6 Å². The van der Waals surface area contributed by atoms with E-state index in [1.54, 1.807) is 43.3 Å². The maximum atomic E-state index is 12.6. The molecule has 0 radical (unpaired) electrons. The molecule has 0 saturated carbocycles. The Kier molecular flexibility index (Phi) is 4.35. The van der Waals surface area contributed by atoms with Gasteiger partial charge in [0, 0.05) is 0 Å². The molecule has 0 saturated heterocycles. The molecule has 0 aliphatic carbocycles. The minimum atomic E-state index is -3.77. The van der Waals surface area contributed by atoms with Crippen LogP contribution in [0.2, 0.25) is 0 Å². The molecule has 1 aromatic heterocycles. The molecular weight excluding hydrogens is 326 g/mol. The van der Waals surface area contributed by atoms with E-state index in [9.17, 15) is 8.42 Å². The van der Waals surface area contributed by atoms with Gasteiger partial charge >= 0.3 is 0 Å². The number of ether oxygens (including phenoxy) is 1. The predicted molar refractivity (Wildman–Crippen MR) is 92.7 cm³/mol. The van der Waals surface area contributed by atoms with Gasteiger partial charge in [-0.05, 0) is 38.1 Å². The molecular formula is C17H17N3O3S. The van der Waals surface area contributed by atoms with E-state index < -0.39 is 10.0 Å². The Bertz CT molecular complexity index is 970. The van der Waals surface area contributed by atoms with E-state index in [1.807, 2.05) is 19.1 Å². The molecule has 0 fully saturated rings. The Morgan fingerprint density at radius 3 is 2.25 bits per heavy atom. The molecule has 3 aromatic rings. The van der Waals surface area contributed by atoms with Gasteiger partial charge in [0.1, 0.15) is 0 Å². The van der Waals surface area contributed by atoms with Crippen LogP contribution in [0.4, 0.5) is 5.82 Å². The number of nitrogens with one attached hydrogen (secondary N) is 1. The molecule has 6 nitrogen and oxygen atoms in total. The third kappa shape index (κ3) is 3.30. The monoisotopic (exact) mass is 343 g/mol. The second-order valence-electron chi connectivity index (χ2n) is 5.22. The van der Waals surface area contributed by atoms with Crippen LogP contribution in [-0.2, 0) is 10.0 Å². The highest BCUT2D eigenvalue weighted by molar-refractivity contribution is 7.92. The molecule has 2 aromatic carbocycles. The van der Waals surface area contributed by atoms with Crippen molar-refractivity contribution in [2.24, 2.45) is 0 Å². The van der Waals surface area contributed by atoms with E-state index >= 15 is 0 Å². The summed E-state index contributed by atoms with van der Waals surface area (Å²) in [6.45, 7) is 4.05. The predicted octanol–water partition coefficient (Wildman–Crippen LogP) is 3.14. The summed E-state index contributed by atoms with van der Waals surface area (Å²) in [4.78, 5) is 8.85. The quantitative estimate of drug-likeness (QED) is 0.770. The molecule has 0 aliphatic heterocycles. The first-order valence-electron chi connectivity index (χ1n) is 7.48. The average molecular weight is 343 g/mol. The van der Waals surface area contributed by atoms with Crippen molar-refractivity contribution in [1.29, 1.82) is 0 Å². The number of anilines is 1. The fraction of sp³-hybridized carbons (Fsp3) is 0.176. The molecule has 3 rings (SSSR count). The SMILES string of the molecule is CCOc1nc2ccccc2nc1NS(=O)(=O)c1ccc(C)cc1.